The van der Waals surface area contributed by atoms with Crippen LogP contribution in [0.15, 0.2) is 0 Å². The number of hydrogen-bond donors (Lipinski definition) is 2. The lowest BCUT2D eigenvalue weighted by Crippen LogP contribution is -2.57. The molecule has 1 saturated carbocycles. The molecule has 4 rings (SSSR count). The van der Waals surface area contributed by atoms with Crippen molar-refractivity contribution in [2.24, 2.45) is 11.8 Å². The highest BCUT2D eigenvalue weighted by atomic mass is 32.2. The number of nitrogens with one attached hydrogen (secondary N) is 2. The van der Waals surface area contributed by atoms with Gasteiger partial charge in [-0.05, 0) is 64.7 Å². The molecule has 2 atom stereocenters. The number of hydrogen-bond acceptors (Lipinski definition) is 8. The van der Waals surface area contributed by atoms with Gasteiger partial charge in [0, 0.05) is 20.3 Å². The van der Waals surface area contributed by atoms with Gasteiger partial charge in [0.1, 0.15) is 5.54 Å². The fourth-order valence-electron chi connectivity index (χ4n) is 5.59. The van der Waals surface area contributed by atoms with Gasteiger partial charge >= 0.3 is 5.96 Å². The van der Waals surface area contributed by atoms with Gasteiger partial charge in [0.2, 0.25) is 12.1 Å². The summed E-state index contributed by atoms with van der Waals surface area (Å²) in [6.07, 6.45) is 5.82. The molecule has 0 aromatic carbocycles. The predicted octanol–water partition coefficient (Wildman–Crippen LogP) is 1.62. The molecule has 0 radical (unpaired) electrons. The number of rotatable bonds is 14. The van der Waals surface area contributed by atoms with Gasteiger partial charge in [-0.1, -0.05) is 0 Å². The summed E-state index contributed by atoms with van der Waals surface area (Å²) in [6, 6.07) is 0. The molecule has 1 saturated heterocycles. The summed E-state index contributed by atoms with van der Waals surface area (Å²) in [5.74, 6) is 7.63. The zero-order valence-corrected chi connectivity index (χ0v) is 22.3. The van der Waals surface area contributed by atoms with Crippen LogP contribution in [0.25, 0.3) is 5.84 Å². The Kier molecular flexibility index (Phi) is 9.27. The molecule has 4 aliphatic rings. The summed E-state index contributed by atoms with van der Waals surface area (Å²) in [5.41, 5.74) is 1.44. The Bertz CT molecular complexity index is 872. The summed E-state index contributed by atoms with van der Waals surface area (Å²) in [5, 5.41) is 9.13. The highest BCUT2D eigenvalue weighted by Crippen LogP contribution is 2.39. The summed E-state index contributed by atoms with van der Waals surface area (Å²) in [6.45, 7) is 5.80. The van der Waals surface area contributed by atoms with Crippen LogP contribution in [0.3, 0.4) is 0 Å². The largest absolute Gasteiger partial charge is 0.566 e. The molecule has 3 aliphatic heterocycles. The second-order valence-electron chi connectivity index (χ2n) is 10.7. The second-order valence-corrected chi connectivity index (χ2v) is 12.9. The minimum atomic E-state index is -3.47. The van der Waals surface area contributed by atoms with E-state index in [4.69, 9.17) is 20.5 Å². The van der Waals surface area contributed by atoms with Crippen molar-refractivity contribution >= 4 is 21.7 Å². The van der Waals surface area contributed by atoms with Crippen molar-refractivity contribution in [3.05, 3.63) is 5.84 Å². The Morgan fingerprint density at radius 1 is 1.29 bits per heavy atom. The zero-order valence-electron chi connectivity index (χ0n) is 21.5. The molecule has 11 nitrogen and oxygen atoms in total. The third kappa shape index (κ3) is 6.39. The first-order valence-electron chi connectivity index (χ1n) is 12.6. The average molecular weight is 518 g/mol. The monoisotopic (exact) mass is 517 g/mol. The van der Waals surface area contributed by atoms with Crippen LogP contribution in [-0.4, -0.2) is 103 Å². The first kappa shape index (κ1) is 27.9. The van der Waals surface area contributed by atoms with Crippen molar-refractivity contribution in [2.45, 2.75) is 76.6 Å². The van der Waals surface area contributed by atoms with Crippen LogP contribution in [0, 0.1) is 11.8 Å². The Balaban J connectivity index is 1.38. The number of nitrogens with zero attached hydrogens (tertiary/aromatic N) is 3. The molecule has 2 bridgehead atoms. The lowest BCUT2D eigenvalue weighted by Gasteiger charge is -2.36. The fourth-order valence-corrected chi connectivity index (χ4v) is 7.25. The van der Waals surface area contributed by atoms with E-state index in [9.17, 15) is 13.2 Å². The van der Waals surface area contributed by atoms with Crippen LogP contribution in [0.4, 0.5) is 0 Å². The number of carbonyl (C=O) groups excluding carboxylic acids is 1. The minimum absolute atomic E-state index is 0.0441. The molecule has 1 aliphatic carbocycles. The molecule has 1 amide bonds. The highest BCUT2D eigenvalue weighted by molar-refractivity contribution is 7.91. The predicted molar refractivity (Wildman–Crippen MR) is 131 cm³/mol. The highest BCUT2D eigenvalue weighted by Gasteiger charge is 2.64. The molecule has 2 fully saturated rings. The van der Waals surface area contributed by atoms with Crippen LogP contribution in [0.2, 0.25) is 0 Å². The van der Waals surface area contributed by atoms with Crippen molar-refractivity contribution < 1.29 is 32.6 Å². The number of carbonyl (C=O) groups is 1. The van der Waals surface area contributed by atoms with Gasteiger partial charge in [-0.2, -0.15) is 0 Å². The van der Waals surface area contributed by atoms with Crippen molar-refractivity contribution in [3.63, 3.8) is 0 Å². The number of likely N-dealkylation sites (N-methyl/N-ethyl adjacent to an activating group) is 1. The Labute approximate surface area is 209 Å². The van der Waals surface area contributed by atoms with E-state index in [2.05, 4.69) is 23.6 Å². The number of sulfone groups is 1. The van der Waals surface area contributed by atoms with Gasteiger partial charge in [-0.3, -0.25) is 19.6 Å². The molecule has 0 aromatic heterocycles. The molecule has 12 heteroatoms. The Morgan fingerprint density at radius 3 is 2.51 bits per heavy atom. The van der Waals surface area contributed by atoms with E-state index in [0.29, 0.717) is 51.0 Å². The fraction of sp³-hybridized carbons (Fsp3) is 0.913. The topological polar surface area (TPSA) is 135 Å². The number of methoxy groups -OCH3 is 1. The molecular formula is C23H43N5O6S. The second kappa shape index (κ2) is 11.6. The van der Waals surface area contributed by atoms with Crippen LogP contribution in [0.5, 0.6) is 0 Å². The first-order valence-corrected chi connectivity index (χ1v) is 14.5. The molecular weight excluding hydrogens is 474 g/mol. The van der Waals surface area contributed by atoms with Crippen LogP contribution < -0.4 is 5.48 Å². The number of fused-ring (bicyclic) bond motifs is 1. The quantitative estimate of drug-likeness (QED) is 0.154. The summed E-state index contributed by atoms with van der Waals surface area (Å²) in [4.78, 5) is 16.4. The van der Waals surface area contributed by atoms with E-state index in [0.717, 1.165) is 31.6 Å². The van der Waals surface area contributed by atoms with Gasteiger partial charge in [0.05, 0.1) is 37.1 Å². The summed E-state index contributed by atoms with van der Waals surface area (Å²) < 4.78 is 37.9. The minimum Gasteiger partial charge on any atom is -0.566 e. The Hall–Kier alpha value is -1.63. The van der Waals surface area contributed by atoms with Crippen molar-refractivity contribution in [1.82, 2.24) is 15.3 Å². The maximum absolute atomic E-state index is 12.7. The lowest BCUT2D eigenvalue weighted by atomic mass is 9.88. The van der Waals surface area contributed by atoms with E-state index >= 15 is 0 Å². The van der Waals surface area contributed by atoms with Gasteiger partial charge < -0.3 is 15.3 Å². The van der Waals surface area contributed by atoms with Crippen LogP contribution in [0.1, 0.15) is 58.8 Å². The van der Waals surface area contributed by atoms with Crippen molar-refractivity contribution in [1.29, 1.82) is 0 Å². The number of amides is 1. The third-order valence-electron chi connectivity index (χ3n) is 7.92. The van der Waals surface area contributed by atoms with Crippen LogP contribution in [-0.2, 0) is 24.1 Å². The molecule has 35 heavy (non-hydrogen) atoms. The van der Waals surface area contributed by atoms with Crippen LogP contribution >= 0.6 is 0 Å². The molecule has 2 unspecified atom stereocenters. The van der Waals surface area contributed by atoms with Gasteiger partial charge in [0.25, 0.3) is 0 Å². The standard InChI is InChI=1S/C23H43N5O6S/c1-23(2)21-27(22(26(23)3)28(21)24)12-5-7-18(20(29)25-30)16-35(31,32)14-6-13-34-15-17-8-10-19(33-4)11-9-17/h17-19,21,24,30H,5-16H2,1-4H3,(H,25,29). The van der Waals surface area contributed by atoms with Crippen molar-refractivity contribution in [3.8, 4) is 0 Å². The number of hydroxylamine groups is 1. The van der Waals surface area contributed by atoms with Crippen molar-refractivity contribution in [2.75, 3.05) is 45.4 Å². The van der Waals surface area contributed by atoms with Gasteiger partial charge in [-0.25, -0.2) is 18.8 Å². The normalized spacial score (nSPS) is 26.6. The van der Waals surface area contributed by atoms with E-state index in [1.807, 2.05) is 7.05 Å². The third-order valence-corrected chi connectivity index (χ3v) is 9.74. The maximum Gasteiger partial charge on any atom is 0.345 e. The van der Waals surface area contributed by atoms with E-state index in [1.54, 1.807) is 12.6 Å². The van der Waals surface area contributed by atoms with E-state index in [1.165, 1.54) is 4.68 Å². The molecule has 0 spiro atoms. The van der Waals surface area contributed by atoms with Gasteiger partial charge in [-0.15, -0.1) is 0 Å². The molecule has 3 N–H and O–H groups in total. The van der Waals surface area contributed by atoms with E-state index < -0.39 is 21.7 Å². The molecule has 202 valence electrons. The average Bonchev–Trinajstić information content (AvgIpc) is 3.13. The van der Waals surface area contributed by atoms with E-state index in [-0.39, 0.29) is 23.2 Å². The number of guanidine groups is 1. The first-order chi connectivity index (χ1) is 16.5. The smallest absolute Gasteiger partial charge is 0.345 e. The SMILES string of the molecule is COC1CCC(COCCCS(=O)(=O)CC(CCCN2C3=[N+]([NH-])C2C(C)(C)N3C)C(=O)NO)CC1. The summed E-state index contributed by atoms with van der Waals surface area (Å²) in [7, 11) is 0.233. The Morgan fingerprint density at radius 2 is 1.97 bits per heavy atom. The molecule has 3 heterocycles. The lowest BCUT2D eigenvalue weighted by molar-refractivity contribution is -0.568. The zero-order chi connectivity index (χ0) is 25.8. The van der Waals surface area contributed by atoms with Gasteiger partial charge in [0.15, 0.2) is 9.84 Å². The molecule has 0 aromatic rings. The maximum atomic E-state index is 12.7. The number of ether oxygens (including phenoxy) is 2. The summed E-state index contributed by atoms with van der Waals surface area (Å²) >= 11 is 0.